The van der Waals surface area contributed by atoms with Gasteiger partial charge in [0, 0.05) is 13.1 Å². The normalized spacial score (nSPS) is 40.0. The highest BCUT2D eigenvalue weighted by Crippen LogP contribution is 2.54. The summed E-state index contributed by atoms with van der Waals surface area (Å²) in [6, 6.07) is 0.554. The number of halogens is 1. The fraction of sp³-hybridized carbons (Fsp3) is 0.941. The summed E-state index contributed by atoms with van der Waals surface area (Å²) < 4.78 is 0. The third-order valence-electron chi connectivity index (χ3n) is 6.42. The van der Waals surface area contributed by atoms with Gasteiger partial charge in [0.1, 0.15) is 0 Å². The van der Waals surface area contributed by atoms with Crippen molar-refractivity contribution in [1.82, 2.24) is 10.2 Å². The molecule has 5 aliphatic rings. The molecule has 0 saturated heterocycles. The Labute approximate surface area is 134 Å². The van der Waals surface area contributed by atoms with E-state index in [9.17, 15) is 4.79 Å². The molecule has 5 rings (SSSR count). The SMILES string of the molecule is CN(C(=O)CNCC1CC1)C1C2CC3CC(C2)CC1C3.Cl. The van der Waals surface area contributed by atoms with Crippen LogP contribution in [-0.4, -0.2) is 37.0 Å². The second-order valence-electron chi connectivity index (χ2n) is 8.00. The first-order chi connectivity index (χ1) is 9.70. The first kappa shape index (κ1) is 15.6. The molecule has 0 atom stereocenters. The van der Waals surface area contributed by atoms with E-state index in [1.807, 2.05) is 0 Å². The summed E-state index contributed by atoms with van der Waals surface area (Å²) in [4.78, 5) is 14.5. The molecule has 5 fully saturated rings. The number of rotatable bonds is 5. The predicted octanol–water partition coefficient (Wildman–Crippen LogP) is 2.69. The Morgan fingerprint density at radius 1 is 1.05 bits per heavy atom. The lowest BCUT2D eigenvalue weighted by atomic mass is 9.54. The summed E-state index contributed by atoms with van der Waals surface area (Å²) in [5, 5.41) is 3.36. The van der Waals surface area contributed by atoms with Crippen molar-refractivity contribution >= 4 is 18.3 Å². The van der Waals surface area contributed by atoms with Gasteiger partial charge in [-0.2, -0.15) is 0 Å². The molecule has 1 amide bonds. The summed E-state index contributed by atoms with van der Waals surface area (Å²) in [7, 11) is 2.06. The van der Waals surface area contributed by atoms with Gasteiger partial charge >= 0.3 is 0 Å². The van der Waals surface area contributed by atoms with E-state index in [0.29, 0.717) is 18.5 Å². The number of nitrogens with zero attached hydrogens (tertiary/aromatic N) is 1. The monoisotopic (exact) mass is 312 g/mol. The maximum absolute atomic E-state index is 12.4. The topological polar surface area (TPSA) is 32.3 Å². The van der Waals surface area contributed by atoms with E-state index in [4.69, 9.17) is 0 Å². The zero-order chi connectivity index (χ0) is 13.7. The maximum atomic E-state index is 12.4. The molecular weight excluding hydrogens is 284 g/mol. The third-order valence-corrected chi connectivity index (χ3v) is 6.42. The van der Waals surface area contributed by atoms with Crippen LogP contribution in [0.2, 0.25) is 0 Å². The van der Waals surface area contributed by atoms with Crippen LogP contribution in [0.3, 0.4) is 0 Å². The molecule has 0 aromatic carbocycles. The number of hydrogen-bond donors (Lipinski definition) is 1. The Hall–Kier alpha value is -0.280. The summed E-state index contributed by atoms with van der Waals surface area (Å²) in [5.41, 5.74) is 0. The van der Waals surface area contributed by atoms with Gasteiger partial charge in [-0.25, -0.2) is 0 Å². The van der Waals surface area contributed by atoms with E-state index in [1.54, 1.807) is 0 Å². The highest BCUT2D eigenvalue weighted by Gasteiger charge is 2.50. The van der Waals surface area contributed by atoms with E-state index in [0.717, 1.165) is 36.1 Å². The molecule has 3 nitrogen and oxygen atoms in total. The molecule has 21 heavy (non-hydrogen) atoms. The molecule has 5 saturated carbocycles. The van der Waals surface area contributed by atoms with Gasteiger partial charge in [0.2, 0.25) is 5.91 Å². The lowest BCUT2D eigenvalue weighted by Crippen LogP contribution is -2.57. The fourth-order valence-electron chi connectivity index (χ4n) is 5.53. The van der Waals surface area contributed by atoms with Gasteiger partial charge in [0.15, 0.2) is 0 Å². The average molecular weight is 313 g/mol. The Kier molecular flexibility index (Phi) is 4.52. The molecule has 0 aliphatic heterocycles. The highest BCUT2D eigenvalue weighted by atomic mass is 35.5. The van der Waals surface area contributed by atoms with Crippen LogP contribution in [0.15, 0.2) is 0 Å². The number of likely N-dealkylation sites (N-methyl/N-ethyl adjacent to an activating group) is 1. The van der Waals surface area contributed by atoms with Gasteiger partial charge in [-0.1, -0.05) is 0 Å². The van der Waals surface area contributed by atoms with Crippen LogP contribution >= 0.6 is 12.4 Å². The Bertz CT molecular complexity index is 368. The van der Waals surface area contributed by atoms with Crippen LogP contribution in [0.5, 0.6) is 0 Å². The highest BCUT2D eigenvalue weighted by molar-refractivity contribution is 5.85. The van der Waals surface area contributed by atoms with Crippen molar-refractivity contribution in [3.63, 3.8) is 0 Å². The van der Waals surface area contributed by atoms with Crippen molar-refractivity contribution in [3.05, 3.63) is 0 Å². The number of amides is 1. The van der Waals surface area contributed by atoms with Gasteiger partial charge in [-0.05, 0) is 81.1 Å². The second-order valence-corrected chi connectivity index (χ2v) is 8.00. The van der Waals surface area contributed by atoms with Gasteiger partial charge in [-0.15, -0.1) is 12.4 Å². The van der Waals surface area contributed by atoms with Crippen molar-refractivity contribution in [1.29, 1.82) is 0 Å². The molecule has 4 bridgehead atoms. The van der Waals surface area contributed by atoms with Gasteiger partial charge in [0.25, 0.3) is 0 Å². The largest absolute Gasteiger partial charge is 0.341 e. The third kappa shape index (κ3) is 3.10. The Balaban J connectivity index is 0.00000132. The number of nitrogens with one attached hydrogen (secondary N) is 1. The smallest absolute Gasteiger partial charge is 0.236 e. The molecule has 0 unspecified atom stereocenters. The average Bonchev–Trinajstić information content (AvgIpc) is 3.21. The lowest BCUT2D eigenvalue weighted by Gasteiger charge is -2.56. The van der Waals surface area contributed by atoms with E-state index < -0.39 is 0 Å². The summed E-state index contributed by atoms with van der Waals surface area (Å²) in [6.07, 6.45) is 9.77. The Morgan fingerprint density at radius 2 is 1.62 bits per heavy atom. The molecule has 0 heterocycles. The predicted molar refractivity (Wildman–Crippen MR) is 86.4 cm³/mol. The minimum atomic E-state index is 0. The van der Waals surface area contributed by atoms with E-state index >= 15 is 0 Å². The van der Waals surface area contributed by atoms with Crippen molar-refractivity contribution in [2.75, 3.05) is 20.1 Å². The molecule has 1 N–H and O–H groups in total. The maximum Gasteiger partial charge on any atom is 0.236 e. The summed E-state index contributed by atoms with van der Waals surface area (Å²) in [6.45, 7) is 1.59. The quantitative estimate of drug-likeness (QED) is 0.846. The van der Waals surface area contributed by atoms with Crippen LogP contribution in [0, 0.1) is 29.6 Å². The van der Waals surface area contributed by atoms with Crippen LogP contribution in [-0.2, 0) is 4.79 Å². The molecule has 120 valence electrons. The lowest BCUT2D eigenvalue weighted by molar-refractivity contribution is -0.140. The molecule has 0 radical (unpaired) electrons. The minimum absolute atomic E-state index is 0. The van der Waals surface area contributed by atoms with E-state index in [1.165, 1.54) is 44.9 Å². The van der Waals surface area contributed by atoms with Crippen molar-refractivity contribution < 1.29 is 4.79 Å². The molecule has 0 aromatic heterocycles. The molecule has 0 aromatic rings. The first-order valence-electron chi connectivity index (χ1n) is 8.67. The zero-order valence-corrected chi connectivity index (χ0v) is 13.9. The Morgan fingerprint density at radius 3 is 2.14 bits per heavy atom. The number of carbonyl (C=O) groups excluding carboxylic acids is 1. The number of carbonyl (C=O) groups is 1. The molecular formula is C17H29ClN2O. The van der Waals surface area contributed by atoms with Crippen molar-refractivity contribution in [2.45, 2.75) is 51.0 Å². The standard InChI is InChI=1S/C17H28N2O.ClH/c1-19(16(20)10-18-9-11-2-3-11)17-14-5-12-4-13(7-14)8-15(17)6-12;/h11-15,17-18H,2-10H2,1H3;1H. The second kappa shape index (κ2) is 6.08. The first-order valence-corrected chi connectivity index (χ1v) is 8.67. The molecule has 5 aliphatic carbocycles. The zero-order valence-electron chi connectivity index (χ0n) is 13.1. The molecule has 4 heteroatoms. The van der Waals surface area contributed by atoms with E-state index in [2.05, 4.69) is 17.3 Å². The van der Waals surface area contributed by atoms with Crippen LogP contribution < -0.4 is 5.32 Å². The van der Waals surface area contributed by atoms with Crippen molar-refractivity contribution in [2.24, 2.45) is 29.6 Å². The number of hydrogen-bond acceptors (Lipinski definition) is 2. The van der Waals surface area contributed by atoms with Crippen LogP contribution in [0.1, 0.15) is 44.9 Å². The fourth-order valence-corrected chi connectivity index (χ4v) is 5.53. The van der Waals surface area contributed by atoms with Gasteiger partial charge in [-0.3, -0.25) is 4.79 Å². The van der Waals surface area contributed by atoms with Crippen LogP contribution in [0.25, 0.3) is 0 Å². The minimum Gasteiger partial charge on any atom is -0.341 e. The summed E-state index contributed by atoms with van der Waals surface area (Å²) in [5.74, 6) is 4.78. The molecule has 0 spiro atoms. The van der Waals surface area contributed by atoms with Gasteiger partial charge in [0.05, 0.1) is 6.54 Å². The van der Waals surface area contributed by atoms with Crippen molar-refractivity contribution in [3.8, 4) is 0 Å². The van der Waals surface area contributed by atoms with Gasteiger partial charge < -0.3 is 10.2 Å². The van der Waals surface area contributed by atoms with Crippen LogP contribution in [0.4, 0.5) is 0 Å². The summed E-state index contributed by atoms with van der Waals surface area (Å²) >= 11 is 0. The van der Waals surface area contributed by atoms with E-state index in [-0.39, 0.29) is 12.4 Å².